The molecule has 17 heteroatoms. The lowest BCUT2D eigenvalue weighted by molar-refractivity contribution is -0.192. The van der Waals surface area contributed by atoms with Crippen molar-refractivity contribution >= 4 is 43.0 Å². The van der Waals surface area contributed by atoms with Crippen molar-refractivity contribution in [1.29, 1.82) is 0 Å². The topological polar surface area (TPSA) is 185 Å². The Labute approximate surface area is 278 Å². The molecule has 0 saturated carbocycles. The van der Waals surface area contributed by atoms with Crippen LogP contribution in [0.4, 0.5) is 13.2 Å². The van der Waals surface area contributed by atoms with E-state index in [1.807, 2.05) is 47.2 Å². The number of carboxylic acid groups (broad SMARTS) is 1. The smallest absolute Gasteiger partial charge is 0.475 e. The lowest BCUT2D eigenvalue weighted by Gasteiger charge is -2.18. The summed E-state index contributed by atoms with van der Waals surface area (Å²) in [5.41, 5.74) is 2.67. The Hall–Kier alpha value is -5.26. The van der Waals surface area contributed by atoms with Crippen LogP contribution in [0.25, 0.3) is 11.0 Å². The molecule has 1 fully saturated rings. The van der Waals surface area contributed by atoms with Crippen LogP contribution in [0.2, 0.25) is 0 Å². The van der Waals surface area contributed by atoms with Gasteiger partial charge in [0.15, 0.2) is 0 Å². The molecule has 0 aliphatic carbocycles. The van der Waals surface area contributed by atoms with Crippen LogP contribution < -0.4 is 14.2 Å². The number of halogens is 3. The number of alkyl halides is 3. The molecule has 2 atom stereocenters. The number of ether oxygens (including phenoxy) is 1. The SMILES string of the molecule is O=C(O)C(F)(F)F.O=C1CC(c2ccc(C[C@H](NS(=O)(=O)c3cccc(Oc4ccccc4)c3)c3nc4ccccc4[nH]3)cc2)S(=O)(=O)N1. The van der Waals surface area contributed by atoms with Gasteiger partial charge in [-0.3, -0.25) is 9.52 Å². The summed E-state index contributed by atoms with van der Waals surface area (Å²) in [6, 6.07) is 28.6. The second-order valence-corrected chi connectivity index (χ2v) is 14.3. The Morgan fingerprint density at radius 3 is 2.20 bits per heavy atom. The summed E-state index contributed by atoms with van der Waals surface area (Å²) < 4.78 is 94.2. The van der Waals surface area contributed by atoms with Crippen LogP contribution in [-0.4, -0.2) is 50.0 Å². The van der Waals surface area contributed by atoms with Crippen LogP contribution in [0.15, 0.2) is 108 Å². The number of aromatic amines is 1. The van der Waals surface area contributed by atoms with Crippen molar-refractivity contribution in [2.75, 3.05) is 0 Å². The fourth-order valence-corrected chi connectivity index (χ4v) is 7.53. The molecule has 5 aromatic rings. The summed E-state index contributed by atoms with van der Waals surface area (Å²) in [6.07, 6.45) is -5.01. The van der Waals surface area contributed by atoms with E-state index in [9.17, 15) is 34.8 Å². The minimum absolute atomic E-state index is 0.0241. The number of imidazole rings is 1. The highest BCUT2D eigenvalue weighted by Crippen LogP contribution is 2.31. The number of carboxylic acids is 1. The second-order valence-electron chi connectivity index (χ2n) is 10.7. The van der Waals surface area contributed by atoms with Gasteiger partial charge in [0.1, 0.15) is 22.6 Å². The molecule has 1 aliphatic heterocycles. The third-order valence-corrected chi connectivity index (χ3v) is 10.3. The molecule has 0 bridgehead atoms. The van der Waals surface area contributed by atoms with Crippen molar-refractivity contribution in [2.45, 2.75) is 35.2 Å². The average molecular weight is 717 g/mol. The number of aliphatic carboxylic acids is 1. The van der Waals surface area contributed by atoms with Crippen molar-refractivity contribution in [1.82, 2.24) is 19.4 Å². The van der Waals surface area contributed by atoms with Crippen LogP contribution in [0.1, 0.15) is 34.7 Å². The van der Waals surface area contributed by atoms with E-state index in [4.69, 9.17) is 14.6 Å². The first-order valence-electron chi connectivity index (χ1n) is 14.3. The quantitative estimate of drug-likeness (QED) is 0.160. The molecular weight excluding hydrogens is 690 g/mol. The Morgan fingerprint density at radius 2 is 1.59 bits per heavy atom. The number of amides is 1. The summed E-state index contributed by atoms with van der Waals surface area (Å²) in [5, 5.41) is 6.16. The van der Waals surface area contributed by atoms with Gasteiger partial charge in [0.25, 0.3) is 0 Å². The maximum atomic E-state index is 13.6. The maximum absolute atomic E-state index is 13.6. The number of carbonyl (C=O) groups is 2. The lowest BCUT2D eigenvalue weighted by Crippen LogP contribution is -2.31. The number of benzene rings is 4. The fraction of sp³-hybridized carbons (Fsp3) is 0.156. The summed E-state index contributed by atoms with van der Waals surface area (Å²) in [6.45, 7) is 0. The van der Waals surface area contributed by atoms with Crippen LogP contribution in [0.3, 0.4) is 0 Å². The zero-order valence-electron chi connectivity index (χ0n) is 25.1. The van der Waals surface area contributed by atoms with E-state index in [0.717, 1.165) is 11.1 Å². The highest BCUT2D eigenvalue weighted by molar-refractivity contribution is 7.90. The Balaban J connectivity index is 0.000000606. The van der Waals surface area contributed by atoms with E-state index in [0.29, 0.717) is 28.4 Å². The molecule has 256 valence electrons. The number of carbonyl (C=O) groups excluding carboxylic acids is 1. The molecule has 49 heavy (non-hydrogen) atoms. The standard InChI is InChI=1S/C30H26N4O6S2.C2HF3O2/c35-29-19-28(42(38,39)34-29)21-15-13-20(14-16-21)17-27(30-31-25-11-4-5-12-26(25)32-30)33-41(36,37)24-10-6-9-23(18-24)40-22-7-2-1-3-8-22;3-2(4,5)1(6)7/h1-16,18,27-28,33H,17,19H2,(H,31,32)(H,34,35);(H,6,7)/t27-,28?;/m0./s1. The molecule has 0 spiro atoms. The molecule has 6 rings (SSSR count). The third-order valence-electron chi connectivity index (χ3n) is 7.17. The number of H-pyrrole nitrogens is 1. The Kier molecular flexibility index (Phi) is 10.1. The lowest BCUT2D eigenvalue weighted by atomic mass is 10.0. The molecular formula is C32H27F3N4O8S2. The van der Waals surface area contributed by atoms with Crippen LogP contribution in [0.5, 0.6) is 11.5 Å². The number of para-hydroxylation sites is 3. The monoisotopic (exact) mass is 716 g/mol. The van der Waals surface area contributed by atoms with Gasteiger partial charge in [0, 0.05) is 6.07 Å². The third kappa shape index (κ3) is 8.81. The molecule has 4 N–H and O–H groups in total. The first-order valence-corrected chi connectivity index (χ1v) is 17.4. The van der Waals surface area contributed by atoms with Gasteiger partial charge in [0.2, 0.25) is 26.0 Å². The molecule has 12 nitrogen and oxygen atoms in total. The van der Waals surface area contributed by atoms with Gasteiger partial charge >= 0.3 is 12.1 Å². The highest BCUT2D eigenvalue weighted by atomic mass is 32.2. The van der Waals surface area contributed by atoms with Gasteiger partial charge in [-0.15, -0.1) is 0 Å². The van der Waals surface area contributed by atoms with Crippen LogP contribution in [0, 0.1) is 0 Å². The summed E-state index contributed by atoms with van der Waals surface area (Å²) in [7, 11) is -7.82. The molecule has 4 aromatic carbocycles. The number of fused-ring (bicyclic) bond motifs is 1. The normalized spacial score (nSPS) is 16.3. The average Bonchev–Trinajstić information content (AvgIpc) is 3.60. The number of sulfonamides is 2. The number of hydrogen-bond acceptors (Lipinski definition) is 8. The zero-order valence-corrected chi connectivity index (χ0v) is 26.7. The van der Waals surface area contributed by atoms with E-state index in [1.54, 1.807) is 48.5 Å². The van der Waals surface area contributed by atoms with Crippen molar-refractivity contribution in [3.63, 3.8) is 0 Å². The van der Waals surface area contributed by atoms with Crippen molar-refractivity contribution < 1.29 is 49.4 Å². The highest BCUT2D eigenvalue weighted by Gasteiger charge is 2.39. The summed E-state index contributed by atoms with van der Waals surface area (Å²) >= 11 is 0. The van der Waals surface area contributed by atoms with E-state index >= 15 is 0 Å². The van der Waals surface area contributed by atoms with Crippen LogP contribution in [-0.2, 0) is 36.1 Å². The molecule has 1 unspecified atom stereocenters. The summed E-state index contributed by atoms with van der Waals surface area (Å²) in [5.74, 6) is -1.92. The molecule has 1 aliphatic rings. The van der Waals surface area contributed by atoms with E-state index < -0.39 is 49.4 Å². The fourth-order valence-electron chi connectivity index (χ4n) is 4.87. The molecule has 0 radical (unpaired) electrons. The predicted molar refractivity (Wildman–Crippen MR) is 170 cm³/mol. The van der Waals surface area contributed by atoms with E-state index in [-0.39, 0.29) is 17.7 Å². The van der Waals surface area contributed by atoms with Gasteiger partial charge in [-0.25, -0.2) is 31.3 Å². The number of nitrogens with zero attached hydrogens (tertiary/aromatic N) is 1. The number of rotatable bonds is 9. The van der Waals surface area contributed by atoms with Gasteiger partial charge in [0.05, 0.1) is 28.4 Å². The summed E-state index contributed by atoms with van der Waals surface area (Å²) in [4.78, 5) is 28.4. The number of hydrogen-bond donors (Lipinski definition) is 4. The van der Waals surface area contributed by atoms with Crippen molar-refractivity contribution in [3.8, 4) is 11.5 Å². The number of aromatic nitrogens is 2. The van der Waals surface area contributed by atoms with Gasteiger partial charge in [-0.05, 0) is 53.9 Å². The van der Waals surface area contributed by atoms with Gasteiger partial charge in [-0.1, -0.05) is 60.7 Å². The minimum Gasteiger partial charge on any atom is -0.475 e. The van der Waals surface area contributed by atoms with Crippen LogP contribution >= 0.6 is 0 Å². The van der Waals surface area contributed by atoms with E-state index in [2.05, 4.69) is 14.7 Å². The Morgan fingerprint density at radius 1 is 0.959 bits per heavy atom. The van der Waals surface area contributed by atoms with Crippen molar-refractivity contribution in [2.24, 2.45) is 0 Å². The van der Waals surface area contributed by atoms with Gasteiger partial charge in [-0.2, -0.15) is 13.2 Å². The Bertz CT molecular complexity index is 2160. The second kappa shape index (κ2) is 14.1. The molecule has 1 amide bonds. The molecule has 2 heterocycles. The minimum atomic E-state index is -5.08. The molecule has 1 saturated heterocycles. The first-order chi connectivity index (χ1) is 23.1. The predicted octanol–water partition coefficient (Wildman–Crippen LogP) is 5.14. The first kappa shape index (κ1) is 35.1. The maximum Gasteiger partial charge on any atom is 0.490 e. The van der Waals surface area contributed by atoms with E-state index in [1.165, 1.54) is 12.1 Å². The largest absolute Gasteiger partial charge is 0.490 e. The number of nitrogens with one attached hydrogen (secondary N) is 3. The van der Waals surface area contributed by atoms with Gasteiger partial charge < -0.3 is 14.8 Å². The van der Waals surface area contributed by atoms with Crippen molar-refractivity contribution in [3.05, 3.63) is 120 Å². The molecule has 1 aromatic heterocycles. The zero-order chi connectivity index (χ0) is 35.4.